The fourth-order valence-electron chi connectivity index (χ4n) is 2.55. The lowest BCUT2D eigenvalue weighted by atomic mass is 9.90. The van der Waals surface area contributed by atoms with E-state index in [4.69, 9.17) is 0 Å². The molecule has 112 valence electrons. The molecule has 0 spiro atoms. The number of rotatable bonds is 2. The zero-order chi connectivity index (χ0) is 15.0. The van der Waals surface area contributed by atoms with E-state index in [2.05, 4.69) is 15.3 Å². The number of nitrogens with one attached hydrogen (secondary N) is 1. The Morgan fingerprint density at radius 2 is 1.76 bits per heavy atom. The number of benzene rings is 1. The van der Waals surface area contributed by atoms with Crippen molar-refractivity contribution >= 4 is 16.9 Å². The van der Waals surface area contributed by atoms with Gasteiger partial charge < -0.3 is 15.5 Å². The van der Waals surface area contributed by atoms with Crippen LogP contribution in [0.15, 0.2) is 18.3 Å². The van der Waals surface area contributed by atoms with E-state index < -0.39 is 23.8 Å². The largest absolute Gasteiger partial charge is 0.390 e. The van der Waals surface area contributed by atoms with E-state index in [9.17, 15) is 19.0 Å². The van der Waals surface area contributed by atoms with Crippen LogP contribution in [0.4, 0.5) is 14.6 Å². The third-order valence-corrected chi connectivity index (χ3v) is 3.72. The van der Waals surface area contributed by atoms with Crippen LogP contribution < -0.4 is 5.32 Å². The Bertz CT molecular complexity index is 668. The number of halogens is 2. The quantitative estimate of drug-likeness (QED) is 0.784. The van der Waals surface area contributed by atoms with E-state index in [0.29, 0.717) is 25.1 Å². The van der Waals surface area contributed by atoms with Crippen molar-refractivity contribution in [3.05, 3.63) is 30.0 Å². The van der Waals surface area contributed by atoms with Crippen LogP contribution in [-0.2, 0) is 0 Å². The summed E-state index contributed by atoms with van der Waals surface area (Å²) in [6.07, 6.45) is 1.57. The molecular formula is C14H15F2N3O2. The topological polar surface area (TPSA) is 78.3 Å². The monoisotopic (exact) mass is 295 g/mol. The highest BCUT2D eigenvalue weighted by molar-refractivity contribution is 5.75. The van der Waals surface area contributed by atoms with Gasteiger partial charge in [-0.05, 0) is 19.3 Å². The van der Waals surface area contributed by atoms with Crippen molar-refractivity contribution in [1.82, 2.24) is 9.97 Å². The molecule has 3 N–H and O–H groups in total. The van der Waals surface area contributed by atoms with Gasteiger partial charge in [-0.2, -0.15) is 0 Å². The summed E-state index contributed by atoms with van der Waals surface area (Å²) in [5.74, 6) is -1.49. The minimum atomic E-state index is -0.967. The third-order valence-electron chi connectivity index (χ3n) is 3.72. The highest BCUT2D eigenvalue weighted by Gasteiger charge is 2.27. The van der Waals surface area contributed by atoms with Gasteiger partial charge in [-0.15, -0.1) is 0 Å². The lowest BCUT2D eigenvalue weighted by Gasteiger charge is -2.30. The fourth-order valence-corrected chi connectivity index (χ4v) is 2.55. The van der Waals surface area contributed by atoms with Gasteiger partial charge in [0, 0.05) is 18.2 Å². The standard InChI is InChI=1S/C14H15F2N3O2/c15-8-4-10-11(5-9(8)16)19-14(6-17-10)18-7-1-2-12(20)13(21)3-7/h4-7,12-13,20-21H,1-3H2,(H,18,19). The van der Waals surface area contributed by atoms with Crippen LogP contribution in [0.2, 0.25) is 0 Å². The van der Waals surface area contributed by atoms with E-state index in [1.807, 2.05) is 0 Å². The number of aliphatic hydroxyl groups is 2. The summed E-state index contributed by atoms with van der Waals surface area (Å²) >= 11 is 0. The second kappa shape index (κ2) is 5.50. The van der Waals surface area contributed by atoms with Gasteiger partial charge >= 0.3 is 0 Å². The molecular weight excluding hydrogens is 280 g/mol. The zero-order valence-corrected chi connectivity index (χ0v) is 11.1. The number of anilines is 1. The molecule has 2 aromatic rings. The molecule has 1 aliphatic carbocycles. The molecule has 0 saturated heterocycles. The summed E-state index contributed by atoms with van der Waals surface area (Å²) in [5.41, 5.74) is 0.536. The zero-order valence-electron chi connectivity index (χ0n) is 11.1. The third kappa shape index (κ3) is 2.93. The van der Waals surface area contributed by atoms with E-state index in [1.165, 1.54) is 6.20 Å². The Balaban J connectivity index is 1.80. The molecule has 5 nitrogen and oxygen atoms in total. The predicted molar refractivity (Wildman–Crippen MR) is 72.7 cm³/mol. The van der Waals surface area contributed by atoms with Crippen LogP contribution in [0.5, 0.6) is 0 Å². The second-order valence-electron chi connectivity index (χ2n) is 5.30. The highest BCUT2D eigenvalue weighted by Crippen LogP contribution is 2.23. The Hall–Kier alpha value is -1.86. The molecule has 1 heterocycles. The van der Waals surface area contributed by atoms with Gasteiger partial charge in [-0.1, -0.05) is 0 Å². The molecule has 1 fully saturated rings. The first-order chi connectivity index (χ1) is 10.0. The van der Waals surface area contributed by atoms with Gasteiger partial charge in [0.1, 0.15) is 5.82 Å². The maximum atomic E-state index is 13.2. The average molecular weight is 295 g/mol. The molecule has 3 rings (SSSR count). The van der Waals surface area contributed by atoms with E-state index >= 15 is 0 Å². The van der Waals surface area contributed by atoms with Crippen molar-refractivity contribution < 1.29 is 19.0 Å². The minimum Gasteiger partial charge on any atom is -0.390 e. The molecule has 7 heteroatoms. The molecule has 1 aromatic carbocycles. The van der Waals surface area contributed by atoms with Gasteiger partial charge in [-0.3, -0.25) is 4.98 Å². The van der Waals surface area contributed by atoms with Crippen molar-refractivity contribution in [3.63, 3.8) is 0 Å². The van der Waals surface area contributed by atoms with Crippen LogP contribution in [0, 0.1) is 11.6 Å². The minimum absolute atomic E-state index is 0.0413. The SMILES string of the molecule is OC1CCC(Nc2cnc3cc(F)c(F)cc3n2)CC1O. The summed E-state index contributed by atoms with van der Waals surface area (Å²) in [7, 11) is 0. The van der Waals surface area contributed by atoms with Crippen LogP contribution in [0.25, 0.3) is 11.0 Å². The normalized spacial score (nSPS) is 26.0. The Morgan fingerprint density at radius 3 is 2.48 bits per heavy atom. The average Bonchev–Trinajstić information content (AvgIpc) is 2.44. The van der Waals surface area contributed by atoms with Crippen molar-refractivity contribution in [3.8, 4) is 0 Å². The highest BCUT2D eigenvalue weighted by atomic mass is 19.2. The summed E-state index contributed by atoms with van der Waals surface area (Å²) in [6.45, 7) is 0. The number of aromatic nitrogens is 2. The summed E-state index contributed by atoms with van der Waals surface area (Å²) in [4.78, 5) is 8.23. The van der Waals surface area contributed by atoms with Crippen LogP contribution in [0.1, 0.15) is 19.3 Å². The maximum Gasteiger partial charge on any atom is 0.161 e. The molecule has 1 saturated carbocycles. The molecule has 21 heavy (non-hydrogen) atoms. The lowest BCUT2D eigenvalue weighted by molar-refractivity contribution is -0.0120. The summed E-state index contributed by atoms with van der Waals surface area (Å²) in [6, 6.07) is 1.96. The molecule has 3 atom stereocenters. The first kappa shape index (κ1) is 14.1. The number of nitrogens with zero attached hydrogens (tertiary/aromatic N) is 2. The fraction of sp³-hybridized carbons (Fsp3) is 0.429. The Morgan fingerprint density at radius 1 is 1.05 bits per heavy atom. The number of hydrogen-bond donors (Lipinski definition) is 3. The Kier molecular flexibility index (Phi) is 3.69. The van der Waals surface area contributed by atoms with Crippen LogP contribution in [0.3, 0.4) is 0 Å². The second-order valence-corrected chi connectivity index (χ2v) is 5.30. The van der Waals surface area contributed by atoms with Gasteiger partial charge in [-0.25, -0.2) is 13.8 Å². The molecule has 0 bridgehead atoms. The smallest absolute Gasteiger partial charge is 0.161 e. The Labute approximate surface area is 119 Å². The van der Waals surface area contributed by atoms with Crippen LogP contribution >= 0.6 is 0 Å². The molecule has 3 unspecified atom stereocenters. The van der Waals surface area contributed by atoms with Crippen LogP contribution in [-0.4, -0.2) is 38.4 Å². The summed E-state index contributed by atoms with van der Waals surface area (Å²) in [5, 5.41) is 22.2. The number of aliphatic hydroxyl groups excluding tert-OH is 2. The van der Waals surface area contributed by atoms with Crippen molar-refractivity contribution in [2.45, 2.75) is 37.5 Å². The first-order valence-corrected chi connectivity index (χ1v) is 6.77. The number of fused-ring (bicyclic) bond motifs is 1. The molecule has 0 amide bonds. The van der Waals surface area contributed by atoms with E-state index in [-0.39, 0.29) is 17.1 Å². The first-order valence-electron chi connectivity index (χ1n) is 6.77. The van der Waals surface area contributed by atoms with Gasteiger partial charge in [0.25, 0.3) is 0 Å². The van der Waals surface area contributed by atoms with E-state index in [0.717, 1.165) is 12.1 Å². The summed E-state index contributed by atoms with van der Waals surface area (Å²) < 4.78 is 26.3. The molecule has 0 radical (unpaired) electrons. The van der Waals surface area contributed by atoms with Gasteiger partial charge in [0.05, 0.1) is 29.4 Å². The van der Waals surface area contributed by atoms with Crippen molar-refractivity contribution in [1.29, 1.82) is 0 Å². The van der Waals surface area contributed by atoms with Crippen molar-refractivity contribution in [2.24, 2.45) is 0 Å². The molecule has 0 aliphatic heterocycles. The maximum absolute atomic E-state index is 13.2. The number of hydrogen-bond acceptors (Lipinski definition) is 5. The predicted octanol–water partition coefficient (Wildman–Crippen LogP) is 1.59. The van der Waals surface area contributed by atoms with Crippen molar-refractivity contribution in [2.75, 3.05) is 5.32 Å². The molecule has 1 aromatic heterocycles. The lowest BCUT2D eigenvalue weighted by Crippen LogP contribution is -2.39. The van der Waals surface area contributed by atoms with Gasteiger partial charge in [0.15, 0.2) is 11.6 Å². The molecule has 1 aliphatic rings. The van der Waals surface area contributed by atoms with Gasteiger partial charge in [0.2, 0.25) is 0 Å². The van der Waals surface area contributed by atoms with E-state index in [1.54, 1.807) is 0 Å².